The van der Waals surface area contributed by atoms with Crippen LogP contribution in [0.2, 0.25) is 0 Å². The zero-order valence-corrected chi connectivity index (χ0v) is 27.6. The Hall–Kier alpha value is -2.29. The number of carbonyl (C=O) groups is 3. The van der Waals surface area contributed by atoms with Crippen molar-refractivity contribution in [3.8, 4) is 12.5 Å². The average molecular weight is 579 g/mol. The Labute approximate surface area is 254 Å². The number of nitrogens with zero attached hydrogens (tertiary/aromatic N) is 1. The minimum atomic E-state index is -0.591. The molecule has 0 aromatic heterocycles. The second-order valence-corrected chi connectivity index (χ2v) is 16.6. The van der Waals surface area contributed by atoms with Crippen LogP contribution in [0.5, 0.6) is 0 Å². The van der Waals surface area contributed by atoms with Gasteiger partial charge in [-0.05, 0) is 110 Å². The Balaban J connectivity index is 1.54. The van der Waals surface area contributed by atoms with E-state index in [1.807, 2.05) is 6.92 Å². The van der Waals surface area contributed by atoms with Gasteiger partial charge in [0.2, 0.25) is 5.91 Å². The van der Waals surface area contributed by atoms with Crippen molar-refractivity contribution in [2.24, 2.45) is 50.2 Å². The summed E-state index contributed by atoms with van der Waals surface area (Å²) in [5.74, 6) is 0.757. The van der Waals surface area contributed by atoms with Gasteiger partial charge >= 0.3 is 0 Å². The predicted octanol–water partition coefficient (Wildman–Crippen LogP) is 6.84. The van der Waals surface area contributed by atoms with Gasteiger partial charge in [-0.3, -0.25) is 14.4 Å². The smallest absolute Gasteiger partial charge is 0.261 e. The Bertz CT molecular complexity index is 1250. The van der Waals surface area contributed by atoms with Gasteiger partial charge in [-0.25, -0.2) is 0 Å². The Kier molecular flexibility index (Phi) is 7.31. The number of hydroxylamine groups is 2. The van der Waals surface area contributed by atoms with Crippen molar-refractivity contribution in [2.75, 3.05) is 6.54 Å². The van der Waals surface area contributed by atoms with E-state index < -0.39 is 5.41 Å². The van der Waals surface area contributed by atoms with Crippen LogP contribution in [0.3, 0.4) is 0 Å². The highest BCUT2D eigenvalue weighted by atomic mass is 16.7. The van der Waals surface area contributed by atoms with Crippen LogP contribution in [0.4, 0.5) is 0 Å². The molecule has 0 saturated heterocycles. The molecule has 0 aromatic rings. The van der Waals surface area contributed by atoms with Crippen LogP contribution in [0, 0.1) is 62.8 Å². The van der Waals surface area contributed by atoms with Crippen LogP contribution in [0.1, 0.15) is 120 Å². The van der Waals surface area contributed by atoms with E-state index in [4.69, 9.17) is 11.3 Å². The SMILES string of the molecule is C#CON(CC)C(=O)[C@@]1(C)CC[C@]2(C)CC[C@]3(C)C(=CC(=O)[C@@H]4[C@@]5(C)CC[C@H](NC(C)=O)C(C)(C)C5CC[C@]43C)[C@@H]2C1. The predicted molar refractivity (Wildman–Crippen MR) is 164 cm³/mol. The van der Waals surface area contributed by atoms with E-state index in [1.165, 1.54) is 10.6 Å². The lowest BCUT2D eigenvalue weighted by Gasteiger charge is -2.70. The van der Waals surface area contributed by atoms with E-state index in [1.54, 1.807) is 6.92 Å². The summed E-state index contributed by atoms with van der Waals surface area (Å²) in [5.41, 5.74) is 0.298. The van der Waals surface area contributed by atoms with Gasteiger partial charge in [-0.1, -0.05) is 60.5 Å². The first kappa shape index (κ1) is 31.1. The molecule has 0 spiro atoms. The lowest BCUT2D eigenvalue weighted by atomic mass is 9.33. The van der Waals surface area contributed by atoms with Crippen molar-refractivity contribution in [1.82, 2.24) is 10.4 Å². The fourth-order valence-electron chi connectivity index (χ4n) is 11.5. The molecule has 1 unspecified atom stereocenters. The van der Waals surface area contributed by atoms with Crippen molar-refractivity contribution < 1.29 is 19.2 Å². The zero-order chi connectivity index (χ0) is 31.1. The molecule has 5 aliphatic rings. The summed E-state index contributed by atoms with van der Waals surface area (Å²) in [6.45, 7) is 20.2. The van der Waals surface area contributed by atoms with Crippen LogP contribution in [0.25, 0.3) is 0 Å². The second-order valence-electron chi connectivity index (χ2n) is 16.6. The molecule has 6 nitrogen and oxygen atoms in total. The highest BCUT2D eigenvalue weighted by molar-refractivity contribution is 5.95. The lowest BCUT2D eigenvalue weighted by molar-refractivity contribution is -0.192. The van der Waals surface area contributed by atoms with Crippen molar-refractivity contribution in [3.63, 3.8) is 0 Å². The minimum Gasteiger partial charge on any atom is -0.353 e. The quantitative estimate of drug-likeness (QED) is 0.293. The molecule has 0 radical (unpaired) electrons. The number of terminal acetylenes is 1. The lowest BCUT2D eigenvalue weighted by Crippen LogP contribution is -2.67. The molecule has 0 bridgehead atoms. The fourth-order valence-corrected chi connectivity index (χ4v) is 11.5. The molecule has 0 heterocycles. The first-order valence-electron chi connectivity index (χ1n) is 16.4. The molecule has 4 fully saturated rings. The molecule has 4 saturated carbocycles. The normalized spacial score (nSPS) is 45.5. The van der Waals surface area contributed by atoms with Gasteiger partial charge in [0.1, 0.15) is 6.11 Å². The fraction of sp³-hybridized carbons (Fsp3) is 0.806. The van der Waals surface area contributed by atoms with E-state index in [2.05, 4.69) is 66.0 Å². The van der Waals surface area contributed by atoms with Gasteiger partial charge in [-0.15, -0.1) is 0 Å². The summed E-state index contributed by atoms with van der Waals surface area (Å²) in [5, 5.41) is 4.59. The summed E-state index contributed by atoms with van der Waals surface area (Å²) in [4.78, 5) is 45.7. The highest BCUT2D eigenvalue weighted by Gasteiger charge is 2.70. The number of hydrogen-bond donors (Lipinski definition) is 1. The zero-order valence-electron chi connectivity index (χ0n) is 27.6. The summed E-state index contributed by atoms with van der Waals surface area (Å²) in [7, 11) is 0. The van der Waals surface area contributed by atoms with Crippen molar-refractivity contribution in [2.45, 2.75) is 126 Å². The van der Waals surface area contributed by atoms with Gasteiger partial charge in [0.05, 0.1) is 12.0 Å². The van der Waals surface area contributed by atoms with Gasteiger partial charge in [-0.2, -0.15) is 5.06 Å². The number of amides is 2. The first-order chi connectivity index (χ1) is 19.4. The number of fused-ring (bicyclic) bond motifs is 7. The maximum Gasteiger partial charge on any atom is 0.261 e. The molecule has 9 atom stereocenters. The molecule has 1 N–H and O–H groups in total. The van der Waals surface area contributed by atoms with E-state index in [0.717, 1.165) is 51.4 Å². The maximum atomic E-state index is 14.6. The van der Waals surface area contributed by atoms with Gasteiger partial charge in [0, 0.05) is 18.9 Å². The Morgan fingerprint density at radius 1 is 1.02 bits per heavy atom. The molecule has 2 amide bonds. The Morgan fingerprint density at radius 2 is 1.69 bits per heavy atom. The molecular weight excluding hydrogens is 524 g/mol. The van der Waals surface area contributed by atoms with Crippen molar-refractivity contribution in [3.05, 3.63) is 11.6 Å². The van der Waals surface area contributed by atoms with Crippen LogP contribution in [-0.4, -0.2) is 35.2 Å². The van der Waals surface area contributed by atoms with E-state index in [-0.39, 0.29) is 56.8 Å². The molecular formula is C36H54N2O4. The molecule has 232 valence electrons. The van der Waals surface area contributed by atoms with E-state index in [0.29, 0.717) is 24.7 Å². The highest BCUT2D eigenvalue weighted by Crippen LogP contribution is 2.75. The number of ketones is 1. The number of rotatable bonds is 4. The van der Waals surface area contributed by atoms with Gasteiger partial charge in [0.25, 0.3) is 5.91 Å². The summed E-state index contributed by atoms with van der Waals surface area (Å²) >= 11 is 0. The monoisotopic (exact) mass is 578 g/mol. The maximum absolute atomic E-state index is 14.6. The second kappa shape index (κ2) is 9.86. The van der Waals surface area contributed by atoms with Crippen molar-refractivity contribution >= 4 is 17.6 Å². The molecule has 42 heavy (non-hydrogen) atoms. The average Bonchev–Trinajstić information content (AvgIpc) is 2.90. The molecule has 5 aliphatic carbocycles. The molecule has 0 aliphatic heterocycles. The number of hydrogen-bond acceptors (Lipinski definition) is 4. The Morgan fingerprint density at radius 3 is 2.31 bits per heavy atom. The molecule has 6 heteroatoms. The molecule has 0 aromatic carbocycles. The third kappa shape index (κ3) is 4.15. The van der Waals surface area contributed by atoms with Gasteiger partial charge < -0.3 is 10.2 Å². The molecule has 5 rings (SSSR count). The van der Waals surface area contributed by atoms with Crippen LogP contribution >= 0.6 is 0 Å². The topological polar surface area (TPSA) is 75.7 Å². The third-order valence-corrected chi connectivity index (χ3v) is 14.2. The third-order valence-electron chi connectivity index (χ3n) is 14.2. The van der Waals surface area contributed by atoms with Gasteiger partial charge in [0.15, 0.2) is 5.78 Å². The first-order valence-corrected chi connectivity index (χ1v) is 16.4. The van der Waals surface area contributed by atoms with Crippen LogP contribution in [0.15, 0.2) is 11.6 Å². The van der Waals surface area contributed by atoms with E-state index >= 15 is 0 Å². The standard InChI is InChI=1S/C36H54N2O4/c1-11-38(42-12-2)30(41)33(7)18-17-32(6)19-20-35(9)24(25(32)22-33)21-26(40)29-34(8)15-14-28(37-23(3)39)31(4,5)27(34)13-16-36(29,35)10/h2,21,25,27-29H,11,13-20,22H2,1,3-10H3,(H,37,39)/t25-,27?,28-,29+,32+,33-,34-,35+,36+/m0/s1. The van der Waals surface area contributed by atoms with Crippen molar-refractivity contribution in [1.29, 1.82) is 0 Å². The van der Waals surface area contributed by atoms with E-state index in [9.17, 15) is 14.4 Å². The number of nitrogens with one attached hydrogen (secondary N) is 1. The van der Waals surface area contributed by atoms with Crippen LogP contribution < -0.4 is 5.32 Å². The number of allylic oxidation sites excluding steroid dienone is 2. The summed E-state index contributed by atoms with van der Waals surface area (Å²) < 4.78 is 0. The number of carbonyl (C=O) groups excluding carboxylic acids is 3. The largest absolute Gasteiger partial charge is 0.353 e. The summed E-state index contributed by atoms with van der Waals surface area (Å²) in [6, 6.07) is 0.131. The minimum absolute atomic E-state index is 0.0299. The van der Waals surface area contributed by atoms with Crippen LogP contribution in [-0.2, 0) is 19.2 Å². The summed E-state index contributed by atoms with van der Waals surface area (Å²) in [6.07, 6.45) is 18.3.